The summed E-state index contributed by atoms with van der Waals surface area (Å²) >= 11 is 0. The lowest BCUT2D eigenvalue weighted by atomic mass is 9.92. The van der Waals surface area contributed by atoms with Crippen molar-refractivity contribution in [2.45, 2.75) is 12.5 Å². The quantitative estimate of drug-likeness (QED) is 0.589. The minimum absolute atomic E-state index is 0.230. The number of imide groups is 1. The monoisotopic (exact) mass is 348 g/mol. The molecule has 0 bridgehead atoms. The second-order valence-electron chi connectivity index (χ2n) is 5.63. The number of hydrogen-bond acceptors (Lipinski definition) is 5. The number of hydrogen-bond donors (Lipinski definition) is 3. The summed E-state index contributed by atoms with van der Waals surface area (Å²) in [5.74, 6) is -1.00. The fourth-order valence-corrected chi connectivity index (χ4v) is 2.44. The zero-order chi connectivity index (χ0) is 18.6. The maximum absolute atomic E-state index is 12.7. The maximum Gasteiger partial charge on any atom is 0.325 e. The van der Waals surface area contributed by atoms with E-state index in [1.807, 2.05) is 0 Å². The van der Waals surface area contributed by atoms with Crippen LogP contribution in [0.15, 0.2) is 24.3 Å². The third kappa shape index (κ3) is 3.70. The molecule has 134 valence electrons. The molecule has 9 nitrogen and oxygen atoms in total. The molecule has 1 aromatic carbocycles. The molecule has 0 unspecified atom stereocenters. The Morgan fingerprint density at radius 2 is 2.00 bits per heavy atom. The fraction of sp³-hybridized carbons (Fsp3) is 0.375. The van der Waals surface area contributed by atoms with Gasteiger partial charge in [0.1, 0.15) is 17.8 Å². The topological polar surface area (TPSA) is 117 Å². The smallest absolute Gasteiger partial charge is 0.325 e. The lowest BCUT2D eigenvalue weighted by molar-refractivity contribution is -0.135. The van der Waals surface area contributed by atoms with E-state index in [0.717, 1.165) is 4.90 Å². The van der Waals surface area contributed by atoms with Gasteiger partial charge in [0.15, 0.2) is 0 Å². The average molecular weight is 348 g/mol. The predicted molar refractivity (Wildman–Crippen MR) is 87.7 cm³/mol. The number of methoxy groups -OCH3 is 1. The van der Waals surface area contributed by atoms with Crippen molar-refractivity contribution >= 4 is 23.8 Å². The molecule has 1 aromatic rings. The summed E-state index contributed by atoms with van der Waals surface area (Å²) in [6, 6.07) is 6.09. The first-order valence-electron chi connectivity index (χ1n) is 7.57. The predicted octanol–water partition coefficient (Wildman–Crippen LogP) is -0.676. The van der Waals surface area contributed by atoms with Gasteiger partial charge in [-0.3, -0.25) is 19.3 Å². The van der Waals surface area contributed by atoms with Crippen LogP contribution in [0.2, 0.25) is 0 Å². The van der Waals surface area contributed by atoms with Crippen LogP contribution in [0.3, 0.4) is 0 Å². The molecule has 0 radical (unpaired) electrons. The van der Waals surface area contributed by atoms with E-state index in [9.17, 15) is 19.2 Å². The molecular weight excluding hydrogens is 328 g/mol. The van der Waals surface area contributed by atoms with Crippen LogP contribution in [0, 0.1) is 0 Å². The summed E-state index contributed by atoms with van der Waals surface area (Å²) in [4.78, 5) is 48.7. The van der Waals surface area contributed by atoms with Gasteiger partial charge >= 0.3 is 6.03 Å². The van der Waals surface area contributed by atoms with Crippen molar-refractivity contribution in [3.63, 3.8) is 0 Å². The number of benzene rings is 1. The largest absolute Gasteiger partial charge is 0.497 e. The SMILES string of the molecule is CNC(=O)CNC(=O)CN1C(=O)N[C@@](C)(c2cccc(OC)c2)C1=O. The van der Waals surface area contributed by atoms with E-state index in [1.54, 1.807) is 31.2 Å². The van der Waals surface area contributed by atoms with Crippen molar-refractivity contribution in [2.24, 2.45) is 0 Å². The minimum Gasteiger partial charge on any atom is -0.497 e. The normalized spacial score (nSPS) is 19.4. The zero-order valence-corrected chi connectivity index (χ0v) is 14.2. The van der Waals surface area contributed by atoms with Crippen LogP contribution >= 0.6 is 0 Å². The number of carbonyl (C=O) groups excluding carboxylic acids is 4. The average Bonchev–Trinajstić information content (AvgIpc) is 2.83. The highest BCUT2D eigenvalue weighted by Gasteiger charge is 2.49. The third-order valence-corrected chi connectivity index (χ3v) is 3.95. The molecule has 1 aliphatic heterocycles. The number of amides is 5. The second-order valence-corrected chi connectivity index (χ2v) is 5.63. The Labute approximate surface area is 144 Å². The molecule has 0 aliphatic carbocycles. The van der Waals surface area contributed by atoms with E-state index in [1.165, 1.54) is 14.2 Å². The van der Waals surface area contributed by atoms with Crippen molar-refractivity contribution in [3.05, 3.63) is 29.8 Å². The first-order chi connectivity index (χ1) is 11.8. The highest BCUT2D eigenvalue weighted by molar-refractivity contribution is 6.09. The molecule has 1 saturated heterocycles. The van der Waals surface area contributed by atoms with E-state index >= 15 is 0 Å². The van der Waals surface area contributed by atoms with E-state index < -0.39 is 29.9 Å². The van der Waals surface area contributed by atoms with Gasteiger partial charge in [-0.1, -0.05) is 12.1 Å². The van der Waals surface area contributed by atoms with E-state index in [0.29, 0.717) is 11.3 Å². The molecule has 0 spiro atoms. The first kappa shape index (κ1) is 18.2. The fourth-order valence-electron chi connectivity index (χ4n) is 2.44. The molecule has 0 saturated carbocycles. The molecule has 25 heavy (non-hydrogen) atoms. The minimum atomic E-state index is -1.30. The number of urea groups is 1. The second kappa shape index (κ2) is 7.20. The van der Waals surface area contributed by atoms with Gasteiger partial charge in [0.25, 0.3) is 5.91 Å². The van der Waals surface area contributed by atoms with Crippen molar-refractivity contribution in [1.82, 2.24) is 20.9 Å². The van der Waals surface area contributed by atoms with Crippen LogP contribution in [0.4, 0.5) is 4.79 Å². The molecule has 1 atom stereocenters. The molecular formula is C16H20N4O5. The highest BCUT2D eigenvalue weighted by Crippen LogP contribution is 2.30. The lowest BCUT2D eigenvalue weighted by Gasteiger charge is -2.22. The summed E-state index contributed by atoms with van der Waals surface area (Å²) in [5.41, 5.74) is -0.759. The van der Waals surface area contributed by atoms with Gasteiger partial charge in [-0.15, -0.1) is 0 Å². The van der Waals surface area contributed by atoms with Crippen molar-refractivity contribution in [1.29, 1.82) is 0 Å². The summed E-state index contributed by atoms with van der Waals surface area (Å²) in [7, 11) is 2.94. The van der Waals surface area contributed by atoms with Crippen molar-refractivity contribution in [2.75, 3.05) is 27.2 Å². The number of nitrogens with zero attached hydrogens (tertiary/aromatic N) is 1. The molecule has 2 rings (SSSR count). The summed E-state index contributed by atoms with van der Waals surface area (Å²) < 4.78 is 5.14. The molecule has 3 N–H and O–H groups in total. The van der Waals surface area contributed by atoms with Crippen LogP contribution in [-0.2, 0) is 19.9 Å². The summed E-state index contributed by atoms with van der Waals surface area (Å²) in [6.45, 7) is 0.859. The van der Waals surface area contributed by atoms with Crippen molar-refractivity contribution in [3.8, 4) is 5.75 Å². The third-order valence-electron chi connectivity index (χ3n) is 3.95. The number of likely N-dealkylation sites (N-methyl/N-ethyl adjacent to an activating group) is 1. The number of ether oxygens (including phenoxy) is 1. The summed E-state index contributed by atoms with van der Waals surface area (Å²) in [5, 5.41) is 7.30. The highest BCUT2D eigenvalue weighted by atomic mass is 16.5. The van der Waals surface area contributed by atoms with Gasteiger partial charge in [-0.2, -0.15) is 0 Å². The Morgan fingerprint density at radius 1 is 1.28 bits per heavy atom. The number of carbonyl (C=O) groups is 4. The van der Waals surface area contributed by atoms with Gasteiger partial charge in [0.2, 0.25) is 11.8 Å². The van der Waals surface area contributed by atoms with E-state index in [2.05, 4.69) is 16.0 Å². The molecule has 1 fully saturated rings. The number of rotatable bonds is 6. The standard InChI is InChI=1S/C16H20N4O5/c1-16(10-5-4-6-11(7-10)25-3)14(23)20(15(24)19-16)9-13(22)18-8-12(21)17-2/h4-7H,8-9H2,1-3H3,(H,17,21)(H,18,22)(H,19,24)/t16-/m0/s1. The van der Waals surface area contributed by atoms with Gasteiger partial charge in [0.05, 0.1) is 13.7 Å². The molecule has 1 aliphatic rings. The van der Waals surface area contributed by atoms with Gasteiger partial charge in [-0.05, 0) is 24.6 Å². The van der Waals surface area contributed by atoms with Crippen LogP contribution in [0.5, 0.6) is 5.75 Å². The van der Waals surface area contributed by atoms with E-state index in [-0.39, 0.29) is 12.5 Å². The Bertz CT molecular complexity index is 720. The molecule has 1 heterocycles. The molecule has 0 aromatic heterocycles. The Kier molecular flexibility index (Phi) is 5.26. The first-order valence-corrected chi connectivity index (χ1v) is 7.57. The van der Waals surface area contributed by atoms with Crippen LogP contribution < -0.4 is 20.7 Å². The zero-order valence-electron chi connectivity index (χ0n) is 14.2. The van der Waals surface area contributed by atoms with Gasteiger partial charge in [-0.25, -0.2) is 4.79 Å². The van der Waals surface area contributed by atoms with Crippen LogP contribution in [0.1, 0.15) is 12.5 Å². The Hall–Kier alpha value is -3.10. The molecule has 5 amide bonds. The van der Waals surface area contributed by atoms with Crippen molar-refractivity contribution < 1.29 is 23.9 Å². The van der Waals surface area contributed by atoms with Crippen LogP contribution in [0.25, 0.3) is 0 Å². The van der Waals surface area contributed by atoms with Crippen LogP contribution in [-0.4, -0.2) is 55.9 Å². The van der Waals surface area contributed by atoms with E-state index in [4.69, 9.17) is 4.74 Å². The van der Waals surface area contributed by atoms with Gasteiger partial charge < -0.3 is 20.7 Å². The lowest BCUT2D eigenvalue weighted by Crippen LogP contribution is -2.44. The Morgan fingerprint density at radius 3 is 2.64 bits per heavy atom. The maximum atomic E-state index is 12.7. The summed E-state index contributed by atoms with van der Waals surface area (Å²) in [6.07, 6.45) is 0. The number of nitrogens with one attached hydrogen (secondary N) is 3. The van der Waals surface area contributed by atoms with Gasteiger partial charge in [0, 0.05) is 7.05 Å². The molecule has 9 heteroatoms. The Balaban J connectivity index is 2.13.